The van der Waals surface area contributed by atoms with E-state index in [4.69, 9.17) is 10.8 Å². The minimum atomic E-state index is -1.60. The van der Waals surface area contributed by atoms with Gasteiger partial charge in [-0.1, -0.05) is 50.6 Å². The number of likely N-dealkylation sites (tertiary alicyclic amines) is 1. The van der Waals surface area contributed by atoms with E-state index in [1.165, 1.54) is 29.2 Å². The molecule has 2 aromatic rings. The van der Waals surface area contributed by atoms with Crippen LogP contribution in [-0.4, -0.2) is 157 Å². The first kappa shape index (κ1) is 51.3. The normalized spacial score (nSPS) is 16.8. The van der Waals surface area contributed by atoms with Crippen molar-refractivity contribution >= 4 is 65.1 Å². The van der Waals surface area contributed by atoms with E-state index in [1.807, 2.05) is 0 Å². The summed E-state index contributed by atoms with van der Waals surface area (Å²) >= 11 is 1.37. The van der Waals surface area contributed by atoms with E-state index >= 15 is 0 Å². The fourth-order valence-electron chi connectivity index (χ4n) is 6.65. The maximum absolute atomic E-state index is 14.3. The fourth-order valence-corrected chi connectivity index (χ4v) is 7.12. The predicted octanol–water partition coefficient (Wildman–Crippen LogP) is -2.60. The highest BCUT2D eigenvalue weighted by atomic mass is 32.2. The van der Waals surface area contributed by atoms with Crippen molar-refractivity contribution in [3.63, 3.8) is 0 Å². The molecule has 8 atom stereocenters. The Morgan fingerprint density at radius 1 is 0.889 bits per heavy atom. The van der Waals surface area contributed by atoms with Crippen LogP contribution in [0.4, 0.5) is 0 Å². The molecule has 63 heavy (non-hydrogen) atoms. The predicted molar refractivity (Wildman–Crippen MR) is 227 cm³/mol. The SMILES string of the molecule is CC[C@H](C)[C@H](NC(=O)[C@H](CO)NC(=O)CNC(=O)[C@H](CCSC)NC(=O)[C@@H](N)CC(=O)O)C(=O)N[C@@H](Cc1cnc[nH]1)C(=O)N1CCC[C@H]1C(=O)N[C@@H](Cc1ccccc1)C(=O)O. The Hall–Kier alpha value is -6.07. The van der Waals surface area contributed by atoms with Crippen LogP contribution in [0.1, 0.15) is 57.2 Å². The van der Waals surface area contributed by atoms with Crippen molar-refractivity contribution in [1.29, 1.82) is 0 Å². The fraction of sp³-hybridized carbons (Fsp3) is 0.550. The monoisotopic (exact) mass is 902 g/mol. The zero-order chi connectivity index (χ0) is 46.6. The summed E-state index contributed by atoms with van der Waals surface area (Å²) < 4.78 is 0. The van der Waals surface area contributed by atoms with Gasteiger partial charge in [-0.3, -0.25) is 38.4 Å². The zero-order valence-electron chi connectivity index (χ0n) is 35.3. The lowest BCUT2D eigenvalue weighted by Crippen LogP contribution is -2.61. The van der Waals surface area contributed by atoms with E-state index in [-0.39, 0.29) is 32.2 Å². The summed E-state index contributed by atoms with van der Waals surface area (Å²) in [6.07, 6.45) is 4.96. The van der Waals surface area contributed by atoms with Crippen molar-refractivity contribution in [2.45, 2.75) is 101 Å². The number of benzene rings is 1. The number of aliphatic carboxylic acids is 2. The molecule has 346 valence electrons. The number of thioether (sulfide) groups is 1. The van der Waals surface area contributed by atoms with Crippen LogP contribution in [0.2, 0.25) is 0 Å². The molecule has 12 N–H and O–H groups in total. The highest BCUT2D eigenvalue weighted by molar-refractivity contribution is 7.98. The standard InChI is InChI=1S/C40H58N10O12S/c1-4-22(2)33(49-36(57)29(20-51)45-31(52)19-43-35(56)26(12-14-63-3)46-34(55)25(41)17-32(53)54)38(59)47-27(16-24-18-42-21-44-24)39(60)50-13-8-11-30(50)37(58)48-28(40(61)62)15-23-9-6-5-7-10-23/h5-7,9-10,18,21-22,25-30,33,51H,4,8,11-17,19-20,41H2,1-3H3,(H,42,44)(H,43,56)(H,45,52)(H,46,55)(H,47,59)(H,48,58)(H,49,57)(H,53,54)(H,61,62)/t22-,25-,26-,27-,28-,29-,30-,33-/m0/s1. The van der Waals surface area contributed by atoms with E-state index in [0.717, 1.165) is 0 Å². The lowest BCUT2D eigenvalue weighted by molar-refractivity contribution is -0.145. The third-order valence-corrected chi connectivity index (χ3v) is 11.0. The third-order valence-electron chi connectivity index (χ3n) is 10.4. The Bertz CT molecular complexity index is 1890. The number of imidazole rings is 1. The highest BCUT2D eigenvalue weighted by Crippen LogP contribution is 2.21. The second kappa shape index (κ2) is 25.8. The van der Waals surface area contributed by atoms with Crippen LogP contribution in [-0.2, 0) is 56.0 Å². The van der Waals surface area contributed by atoms with Crippen molar-refractivity contribution < 1.29 is 58.5 Å². The summed E-state index contributed by atoms with van der Waals surface area (Å²) in [4.78, 5) is 125. The van der Waals surface area contributed by atoms with Crippen molar-refractivity contribution in [3.05, 3.63) is 54.1 Å². The average molecular weight is 903 g/mol. The molecule has 1 aromatic carbocycles. The molecule has 1 aliphatic rings. The number of carboxylic acid groups (broad SMARTS) is 2. The number of nitrogens with one attached hydrogen (secondary N) is 7. The van der Waals surface area contributed by atoms with Gasteiger partial charge in [0.25, 0.3) is 0 Å². The summed E-state index contributed by atoms with van der Waals surface area (Å²) in [6, 6.07) is -0.364. The highest BCUT2D eigenvalue weighted by Gasteiger charge is 2.40. The smallest absolute Gasteiger partial charge is 0.326 e. The van der Waals surface area contributed by atoms with E-state index < -0.39 is 121 Å². The number of carbonyl (C=O) groups is 9. The van der Waals surface area contributed by atoms with Crippen LogP contribution in [0, 0.1) is 5.92 Å². The second-order valence-electron chi connectivity index (χ2n) is 15.1. The average Bonchev–Trinajstić information content (AvgIpc) is 3.97. The number of carboxylic acids is 2. The van der Waals surface area contributed by atoms with Gasteiger partial charge in [-0.25, -0.2) is 9.78 Å². The number of nitrogens with zero attached hydrogens (tertiary/aromatic N) is 2. The molecule has 0 spiro atoms. The number of H-pyrrole nitrogens is 1. The van der Waals surface area contributed by atoms with Gasteiger partial charge in [0.05, 0.1) is 31.9 Å². The first-order valence-electron chi connectivity index (χ1n) is 20.4. The molecule has 0 bridgehead atoms. The minimum Gasteiger partial charge on any atom is -0.481 e. The van der Waals surface area contributed by atoms with Crippen LogP contribution < -0.4 is 37.6 Å². The van der Waals surface area contributed by atoms with E-state index in [9.17, 15) is 53.4 Å². The first-order chi connectivity index (χ1) is 30.0. The minimum absolute atomic E-state index is 0.00967. The van der Waals surface area contributed by atoms with E-state index in [1.54, 1.807) is 50.4 Å². The molecule has 1 fully saturated rings. The van der Waals surface area contributed by atoms with Crippen molar-refractivity contribution in [1.82, 2.24) is 46.8 Å². The van der Waals surface area contributed by atoms with Crippen LogP contribution >= 0.6 is 11.8 Å². The number of carbonyl (C=O) groups excluding carboxylic acids is 7. The third kappa shape index (κ3) is 16.3. The number of aliphatic hydroxyl groups excluding tert-OH is 1. The van der Waals surface area contributed by atoms with Gasteiger partial charge in [-0.05, 0) is 42.8 Å². The van der Waals surface area contributed by atoms with Gasteiger partial charge < -0.3 is 62.8 Å². The van der Waals surface area contributed by atoms with Gasteiger partial charge in [-0.2, -0.15) is 11.8 Å². The number of hydrogen-bond donors (Lipinski definition) is 11. The summed E-state index contributed by atoms with van der Waals surface area (Å²) in [5, 5.41) is 43.7. The number of amides is 7. The molecule has 0 unspecified atom stereocenters. The van der Waals surface area contributed by atoms with Gasteiger partial charge in [0.15, 0.2) is 0 Å². The molecule has 0 aliphatic carbocycles. The maximum atomic E-state index is 14.3. The molecular weight excluding hydrogens is 845 g/mol. The molecule has 7 amide bonds. The molecule has 23 heteroatoms. The largest absolute Gasteiger partial charge is 0.481 e. The summed E-state index contributed by atoms with van der Waals surface area (Å²) in [5.74, 6) is -8.36. The van der Waals surface area contributed by atoms with E-state index in [2.05, 4.69) is 41.9 Å². The maximum Gasteiger partial charge on any atom is 0.326 e. The van der Waals surface area contributed by atoms with Crippen LogP contribution in [0.3, 0.4) is 0 Å². The summed E-state index contributed by atoms with van der Waals surface area (Å²) in [6.45, 7) is 1.95. The molecule has 1 saturated heterocycles. The Balaban J connectivity index is 1.71. The number of nitrogens with two attached hydrogens (primary N) is 1. The van der Waals surface area contributed by atoms with Crippen molar-refractivity contribution in [2.75, 3.05) is 31.7 Å². The lowest BCUT2D eigenvalue weighted by Gasteiger charge is -2.31. The zero-order valence-corrected chi connectivity index (χ0v) is 36.2. The molecule has 0 radical (unpaired) electrons. The van der Waals surface area contributed by atoms with Gasteiger partial charge in [0.2, 0.25) is 41.4 Å². The van der Waals surface area contributed by atoms with Gasteiger partial charge in [-0.15, -0.1) is 0 Å². The van der Waals surface area contributed by atoms with Crippen molar-refractivity contribution in [2.24, 2.45) is 11.7 Å². The number of aromatic amines is 1. The number of rotatable bonds is 26. The molecule has 3 rings (SSSR count). The van der Waals surface area contributed by atoms with Crippen LogP contribution in [0.25, 0.3) is 0 Å². The molecule has 1 aromatic heterocycles. The summed E-state index contributed by atoms with van der Waals surface area (Å²) in [7, 11) is 0. The Morgan fingerprint density at radius 2 is 1.59 bits per heavy atom. The Labute approximate surface area is 368 Å². The molecule has 1 aliphatic heterocycles. The number of aromatic nitrogens is 2. The quantitative estimate of drug-likeness (QED) is 0.0461. The second-order valence-corrected chi connectivity index (χ2v) is 16.0. The Morgan fingerprint density at radius 3 is 2.19 bits per heavy atom. The molecule has 0 saturated carbocycles. The summed E-state index contributed by atoms with van der Waals surface area (Å²) in [5.41, 5.74) is 6.76. The first-order valence-corrected chi connectivity index (χ1v) is 21.8. The molecule has 2 heterocycles. The number of aliphatic hydroxyl groups is 1. The van der Waals surface area contributed by atoms with Gasteiger partial charge >= 0.3 is 11.9 Å². The van der Waals surface area contributed by atoms with Gasteiger partial charge in [0.1, 0.15) is 36.3 Å². The van der Waals surface area contributed by atoms with Crippen molar-refractivity contribution in [3.8, 4) is 0 Å². The number of hydrogen-bond acceptors (Lipinski definition) is 13. The van der Waals surface area contributed by atoms with Gasteiger partial charge in [0, 0.05) is 31.3 Å². The molecule has 22 nitrogen and oxygen atoms in total. The van der Waals surface area contributed by atoms with Crippen LogP contribution in [0.15, 0.2) is 42.9 Å². The van der Waals surface area contributed by atoms with E-state index in [0.29, 0.717) is 29.9 Å². The Kier molecular flexibility index (Phi) is 21.0. The topological polar surface area (TPSA) is 344 Å². The lowest BCUT2D eigenvalue weighted by atomic mass is 9.97. The van der Waals surface area contributed by atoms with Crippen LogP contribution in [0.5, 0.6) is 0 Å². The molecular formula is C40H58N10O12S.